The fourth-order valence-corrected chi connectivity index (χ4v) is 3.43. The molecule has 0 unspecified atom stereocenters. The molecule has 8 heteroatoms. The average Bonchev–Trinajstić information content (AvgIpc) is 3.33. The van der Waals surface area contributed by atoms with E-state index in [2.05, 4.69) is 13.8 Å². The van der Waals surface area contributed by atoms with E-state index in [4.69, 9.17) is 11.6 Å². The molecule has 0 aliphatic rings. The van der Waals surface area contributed by atoms with Gasteiger partial charge in [0, 0.05) is 26.0 Å². The van der Waals surface area contributed by atoms with E-state index in [1.54, 1.807) is 35.0 Å². The van der Waals surface area contributed by atoms with Crippen LogP contribution in [0.4, 0.5) is 0 Å². The number of nitrogens with zero attached hydrogens (tertiary/aromatic N) is 5. The number of halogens is 1. The van der Waals surface area contributed by atoms with E-state index in [-0.39, 0.29) is 5.91 Å². The topological polar surface area (TPSA) is 63.9 Å². The zero-order valence-electron chi connectivity index (χ0n) is 13.8. The van der Waals surface area contributed by atoms with Gasteiger partial charge in [0.25, 0.3) is 5.91 Å². The fourth-order valence-electron chi connectivity index (χ4n) is 2.72. The van der Waals surface area contributed by atoms with E-state index in [9.17, 15) is 4.79 Å². The Bertz CT molecular complexity index is 1080. The van der Waals surface area contributed by atoms with Gasteiger partial charge in [-0.2, -0.15) is 13.8 Å². The van der Waals surface area contributed by atoms with Crippen LogP contribution in [0, 0.1) is 0 Å². The normalized spacial score (nSPS) is 11.0. The second-order valence-corrected chi connectivity index (χ2v) is 6.80. The monoisotopic (exact) mass is 383 g/mol. The summed E-state index contributed by atoms with van der Waals surface area (Å²) < 4.78 is 10.1. The fraction of sp³-hybridized carbons (Fsp3) is 0.111. The van der Waals surface area contributed by atoms with Crippen molar-refractivity contribution in [2.45, 2.75) is 6.54 Å². The first-order chi connectivity index (χ1) is 12.6. The van der Waals surface area contributed by atoms with E-state index in [0.717, 1.165) is 22.3 Å². The molecule has 0 radical (unpaired) electrons. The van der Waals surface area contributed by atoms with Crippen LogP contribution in [0.2, 0.25) is 5.02 Å². The quantitative estimate of drug-likeness (QED) is 0.537. The van der Waals surface area contributed by atoms with Gasteiger partial charge in [0.15, 0.2) is 0 Å². The number of carbonyl (C=O) groups excluding carboxylic acids is 1. The first-order valence-corrected chi connectivity index (χ1v) is 8.99. The maximum atomic E-state index is 12.9. The van der Waals surface area contributed by atoms with Gasteiger partial charge in [-0.05, 0) is 42.0 Å². The summed E-state index contributed by atoms with van der Waals surface area (Å²) in [6, 6.07) is 12.9. The number of fused-ring (bicyclic) bond motifs is 1. The van der Waals surface area contributed by atoms with Gasteiger partial charge in [-0.15, -0.1) is 0 Å². The highest BCUT2D eigenvalue weighted by Crippen LogP contribution is 2.22. The Morgan fingerprint density at radius 1 is 1.19 bits per heavy atom. The Labute approximate surface area is 159 Å². The highest BCUT2D eigenvalue weighted by molar-refractivity contribution is 7.00. The lowest BCUT2D eigenvalue weighted by Gasteiger charge is -2.18. The number of hydrogen-bond donors (Lipinski definition) is 0. The van der Waals surface area contributed by atoms with Gasteiger partial charge >= 0.3 is 0 Å². The molecule has 0 aliphatic heterocycles. The first-order valence-electron chi connectivity index (χ1n) is 7.88. The van der Waals surface area contributed by atoms with Crippen LogP contribution >= 0.6 is 23.3 Å². The van der Waals surface area contributed by atoms with E-state index >= 15 is 0 Å². The van der Waals surface area contributed by atoms with Gasteiger partial charge in [-0.25, -0.2) is 4.68 Å². The standard InChI is InChI=1S/C18H14ClN5OS/c1-23(11-12-3-6-16-17(9-12)22-26-21-16)18(25)14-10-13(4-5-15(14)19)24-8-2-7-20-24/h2-10H,11H2,1H3. The summed E-state index contributed by atoms with van der Waals surface area (Å²) in [4.78, 5) is 14.5. The van der Waals surface area contributed by atoms with Gasteiger partial charge in [0.2, 0.25) is 0 Å². The van der Waals surface area contributed by atoms with Crippen LogP contribution in [0.5, 0.6) is 0 Å². The number of hydrogen-bond acceptors (Lipinski definition) is 5. The van der Waals surface area contributed by atoms with Crippen LogP contribution in [0.3, 0.4) is 0 Å². The third kappa shape index (κ3) is 3.18. The molecule has 2 aromatic heterocycles. The lowest BCUT2D eigenvalue weighted by molar-refractivity contribution is 0.0785. The van der Waals surface area contributed by atoms with Gasteiger partial charge in [0.05, 0.1) is 28.0 Å². The molecule has 0 bridgehead atoms. The molecule has 0 spiro atoms. The Morgan fingerprint density at radius 3 is 2.85 bits per heavy atom. The van der Waals surface area contributed by atoms with E-state index in [1.165, 1.54) is 11.7 Å². The molecule has 2 heterocycles. The van der Waals surface area contributed by atoms with E-state index in [0.29, 0.717) is 17.1 Å². The molecule has 0 atom stereocenters. The first kappa shape index (κ1) is 16.7. The molecule has 1 amide bonds. The predicted molar refractivity (Wildman–Crippen MR) is 102 cm³/mol. The third-order valence-corrected chi connectivity index (χ3v) is 4.92. The molecule has 2 aromatic carbocycles. The predicted octanol–water partition coefficient (Wildman–Crippen LogP) is 3.80. The van der Waals surface area contributed by atoms with Gasteiger partial charge in [-0.1, -0.05) is 17.7 Å². The van der Waals surface area contributed by atoms with Gasteiger partial charge in [-0.3, -0.25) is 4.79 Å². The summed E-state index contributed by atoms with van der Waals surface area (Å²) in [5, 5.41) is 4.60. The van der Waals surface area contributed by atoms with Crippen molar-refractivity contribution >= 4 is 40.3 Å². The minimum absolute atomic E-state index is 0.152. The van der Waals surface area contributed by atoms with Crippen LogP contribution in [0.1, 0.15) is 15.9 Å². The van der Waals surface area contributed by atoms with Crippen molar-refractivity contribution in [2.24, 2.45) is 0 Å². The SMILES string of the molecule is CN(Cc1ccc2nsnc2c1)C(=O)c1cc(-n2cccn2)ccc1Cl. The number of rotatable bonds is 4. The van der Waals surface area contributed by atoms with Crippen molar-refractivity contribution in [3.8, 4) is 5.69 Å². The summed E-state index contributed by atoms with van der Waals surface area (Å²) in [5.41, 5.74) is 3.92. The molecule has 6 nitrogen and oxygen atoms in total. The number of benzene rings is 2. The van der Waals surface area contributed by atoms with E-state index < -0.39 is 0 Å². The minimum atomic E-state index is -0.152. The van der Waals surface area contributed by atoms with Gasteiger partial charge in [0.1, 0.15) is 11.0 Å². The van der Waals surface area contributed by atoms with Crippen molar-refractivity contribution in [3.05, 3.63) is 71.0 Å². The maximum absolute atomic E-state index is 12.9. The van der Waals surface area contributed by atoms with Crippen LogP contribution in [-0.2, 0) is 6.54 Å². The summed E-state index contributed by atoms with van der Waals surface area (Å²) in [7, 11) is 1.75. The average molecular weight is 384 g/mol. The summed E-state index contributed by atoms with van der Waals surface area (Å²) >= 11 is 7.45. The number of carbonyl (C=O) groups is 1. The van der Waals surface area contributed by atoms with Crippen molar-refractivity contribution < 1.29 is 4.79 Å². The zero-order chi connectivity index (χ0) is 18.1. The molecular formula is C18H14ClN5OS. The lowest BCUT2D eigenvalue weighted by atomic mass is 10.1. The second kappa shape index (κ2) is 6.86. The van der Waals surface area contributed by atoms with E-state index in [1.807, 2.05) is 36.5 Å². The molecule has 0 fully saturated rings. The second-order valence-electron chi connectivity index (χ2n) is 5.86. The number of amides is 1. The Hall–Kier alpha value is -2.77. The number of aromatic nitrogens is 4. The van der Waals surface area contributed by atoms with Crippen molar-refractivity contribution in [2.75, 3.05) is 7.05 Å². The summed E-state index contributed by atoms with van der Waals surface area (Å²) in [6.07, 6.45) is 3.50. The van der Waals surface area contributed by atoms with Crippen molar-refractivity contribution in [1.29, 1.82) is 0 Å². The molecule has 4 aromatic rings. The van der Waals surface area contributed by atoms with Crippen LogP contribution in [0.25, 0.3) is 16.7 Å². The largest absolute Gasteiger partial charge is 0.337 e. The zero-order valence-corrected chi connectivity index (χ0v) is 15.4. The highest BCUT2D eigenvalue weighted by Gasteiger charge is 2.17. The lowest BCUT2D eigenvalue weighted by Crippen LogP contribution is -2.26. The van der Waals surface area contributed by atoms with Crippen LogP contribution < -0.4 is 0 Å². The summed E-state index contributed by atoms with van der Waals surface area (Å²) in [6.45, 7) is 0.453. The Kier molecular flexibility index (Phi) is 4.40. The van der Waals surface area contributed by atoms with Gasteiger partial charge < -0.3 is 4.90 Å². The molecular weight excluding hydrogens is 370 g/mol. The molecule has 130 valence electrons. The smallest absolute Gasteiger partial charge is 0.255 e. The minimum Gasteiger partial charge on any atom is -0.337 e. The third-order valence-electron chi connectivity index (χ3n) is 4.03. The van der Waals surface area contributed by atoms with Crippen LogP contribution in [0.15, 0.2) is 54.9 Å². The van der Waals surface area contributed by atoms with Crippen molar-refractivity contribution in [1.82, 2.24) is 23.4 Å². The molecule has 0 saturated heterocycles. The van der Waals surface area contributed by atoms with Crippen molar-refractivity contribution in [3.63, 3.8) is 0 Å². The molecule has 0 N–H and O–H groups in total. The highest BCUT2D eigenvalue weighted by atomic mass is 35.5. The Morgan fingerprint density at radius 2 is 2.04 bits per heavy atom. The maximum Gasteiger partial charge on any atom is 0.255 e. The molecule has 0 saturated carbocycles. The molecule has 0 aliphatic carbocycles. The molecule has 4 rings (SSSR count). The molecule has 26 heavy (non-hydrogen) atoms. The Balaban J connectivity index is 1.59. The van der Waals surface area contributed by atoms with Crippen LogP contribution in [-0.4, -0.2) is 36.4 Å². The summed E-state index contributed by atoms with van der Waals surface area (Å²) in [5.74, 6) is -0.152.